The molecule has 0 fully saturated rings. The van der Waals surface area contributed by atoms with Gasteiger partial charge in [0, 0.05) is 36.4 Å². The van der Waals surface area contributed by atoms with Gasteiger partial charge < -0.3 is 17.6 Å². The highest BCUT2D eigenvalue weighted by atomic mass is 32.1. The van der Waals surface area contributed by atoms with Crippen LogP contribution in [0.2, 0.25) is 0 Å². The SMILES string of the molecule is CCN=C([S-])C(C(=O)c1ccc([N+](=O)[O-])cc1)[n+]1ccc(C(C)(C)C)cc1. The summed E-state index contributed by atoms with van der Waals surface area (Å²) in [7, 11) is 0. The van der Waals surface area contributed by atoms with Gasteiger partial charge in [0.25, 0.3) is 5.69 Å². The summed E-state index contributed by atoms with van der Waals surface area (Å²) in [6, 6.07) is 8.69. The molecule has 6 nitrogen and oxygen atoms in total. The lowest BCUT2D eigenvalue weighted by atomic mass is 9.88. The average Bonchev–Trinajstić information content (AvgIpc) is 2.62. The molecule has 0 amide bonds. The first-order valence-corrected chi connectivity index (χ1v) is 9.07. The number of non-ortho nitro benzene ring substituents is 1. The second-order valence-electron chi connectivity index (χ2n) is 7.17. The molecule has 1 unspecified atom stereocenters. The van der Waals surface area contributed by atoms with Crippen molar-refractivity contribution in [3.63, 3.8) is 0 Å². The lowest BCUT2D eigenvalue weighted by Gasteiger charge is -2.21. The number of carbonyl (C=O) groups is 1. The second-order valence-corrected chi connectivity index (χ2v) is 7.59. The van der Waals surface area contributed by atoms with Crippen molar-refractivity contribution in [1.29, 1.82) is 0 Å². The Morgan fingerprint density at radius 3 is 2.19 bits per heavy atom. The van der Waals surface area contributed by atoms with E-state index in [-0.39, 0.29) is 21.9 Å². The zero-order chi connectivity index (χ0) is 20.2. The van der Waals surface area contributed by atoms with Gasteiger partial charge in [-0.05, 0) is 35.1 Å². The Morgan fingerprint density at radius 1 is 1.19 bits per heavy atom. The summed E-state index contributed by atoms with van der Waals surface area (Å²) in [5, 5.41) is 11.1. The molecule has 7 heteroatoms. The van der Waals surface area contributed by atoms with Crippen LogP contribution < -0.4 is 4.57 Å². The van der Waals surface area contributed by atoms with Crippen molar-refractivity contribution >= 4 is 29.1 Å². The normalized spacial score (nSPS) is 13.3. The Labute approximate surface area is 164 Å². The minimum Gasteiger partial charge on any atom is -0.758 e. The fourth-order valence-corrected chi connectivity index (χ4v) is 2.99. The molecule has 0 saturated carbocycles. The molecule has 2 rings (SSSR count). The van der Waals surface area contributed by atoms with Crippen LogP contribution in [-0.4, -0.2) is 22.3 Å². The van der Waals surface area contributed by atoms with E-state index in [1.54, 1.807) is 4.57 Å². The molecule has 1 aromatic heterocycles. The fraction of sp³-hybridized carbons (Fsp3) is 0.350. The van der Waals surface area contributed by atoms with Crippen LogP contribution in [0.1, 0.15) is 49.7 Å². The smallest absolute Gasteiger partial charge is 0.269 e. The molecule has 0 saturated heterocycles. The predicted octanol–water partition coefficient (Wildman–Crippen LogP) is 3.57. The van der Waals surface area contributed by atoms with Crippen LogP contribution in [0.3, 0.4) is 0 Å². The minimum atomic E-state index is -0.768. The van der Waals surface area contributed by atoms with Gasteiger partial charge in [0.15, 0.2) is 12.4 Å². The molecule has 2 aromatic rings. The molecule has 0 bridgehead atoms. The largest absolute Gasteiger partial charge is 0.758 e. The number of carbonyl (C=O) groups excluding carboxylic acids is 1. The molecule has 27 heavy (non-hydrogen) atoms. The van der Waals surface area contributed by atoms with E-state index in [0.29, 0.717) is 12.1 Å². The highest BCUT2D eigenvalue weighted by Crippen LogP contribution is 2.21. The maximum atomic E-state index is 13.1. The Kier molecular flexibility index (Phi) is 6.38. The van der Waals surface area contributed by atoms with Crippen LogP contribution in [0.15, 0.2) is 53.8 Å². The van der Waals surface area contributed by atoms with E-state index in [2.05, 4.69) is 25.8 Å². The number of nitrogens with zero attached hydrogens (tertiary/aromatic N) is 3. The number of hydrogen-bond acceptors (Lipinski definition) is 5. The van der Waals surface area contributed by atoms with Gasteiger partial charge in [0.2, 0.25) is 11.8 Å². The summed E-state index contributed by atoms with van der Waals surface area (Å²) < 4.78 is 1.74. The van der Waals surface area contributed by atoms with Crippen molar-refractivity contribution in [3.05, 3.63) is 70.0 Å². The summed E-state index contributed by atoms with van der Waals surface area (Å²) in [6.45, 7) is 8.67. The van der Waals surface area contributed by atoms with Crippen LogP contribution in [0, 0.1) is 10.1 Å². The lowest BCUT2D eigenvalue weighted by molar-refractivity contribution is -0.692. The van der Waals surface area contributed by atoms with Gasteiger partial charge in [-0.25, -0.2) is 0 Å². The summed E-state index contributed by atoms with van der Waals surface area (Å²) >= 11 is 5.39. The number of rotatable bonds is 6. The summed E-state index contributed by atoms with van der Waals surface area (Å²) in [4.78, 5) is 27.7. The third-order valence-electron chi connectivity index (χ3n) is 4.18. The highest BCUT2D eigenvalue weighted by molar-refractivity contribution is 7.77. The van der Waals surface area contributed by atoms with Crippen molar-refractivity contribution in [2.75, 3.05) is 6.54 Å². The molecule has 0 aliphatic heterocycles. The number of aromatic nitrogens is 1. The molecule has 0 aliphatic rings. The van der Waals surface area contributed by atoms with Gasteiger partial charge >= 0.3 is 0 Å². The van der Waals surface area contributed by atoms with Crippen molar-refractivity contribution in [2.24, 2.45) is 4.99 Å². The molecule has 0 radical (unpaired) electrons. The number of Topliss-reactive ketones (excluding diaryl/α,β-unsaturated/α-hetero) is 1. The Morgan fingerprint density at radius 2 is 1.74 bits per heavy atom. The van der Waals surface area contributed by atoms with E-state index in [0.717, 1.165) is 5.56 Å². The first kappa shape index (κ1) is 20.6. The van der Waals surface area contributed by atoms with Crippen molar-refractivity contribution < 1.29 is 14.3 Å². The third kappa shape index (κ3) is 4.95. The Hall–Kier alpha value is -2.67. The third-order valence-corrected chi connectivity index (χ3v) is 4.53. The molecule has 1 atom stereocenters. The van der Waals surface area contributed by atoms with Crippen LogP contribution in [-0.2, 0) is 18.0 Å². The molecule has 0 aliphatic carbocycles. The fourth-order valence-electron chi connectivity index (χ4n) is 2.63. The summed E-state index contributed by atoms with van der Waals surface area (Å²) in [5.74, 6) is -0.249. The van der Waals surface area contributed by atoms with Gasteiger partial charge in [-0.1, -0.05) is 20.8 Å². The number of benzene rings is 1. The predicted molar refractivity (Wildman–Crippen MR) is 107 cm³/mol. The first-order valence-electron chi connectivity index (χ1n) is 8.66. The van der Waals surface area contributed by atoms with E-state index in [1.807, 2.05) is 31.5 Å². The maximum absolute atomic E-state index is 13.1. The van der Waals surface area contributed by atoms with Crippen LogP contribution >= 0.6 is 0 Å². The van der Waals surface area contributed by atoms with Gasteiger partial charge in [0.05, 0.1) is 4.92 Å². The maximum Gasteiger partial charge on any atom is 0.269 e. The standard InChI is InChI=1S/C20H23N3O3S/c1-5-21-19(27)17(22-12-10-15(11-13-22)20(2,3)4)18(24)14-6-8-16(9-7-14)23(25)26/h6-13,17H,5H2,1-4H3. The van der Waals surface area contributed by atoms with E-state index in [1.165, 1.54) is 24.3 Å². The minimum absolute atomic E-state index is 0.00867. The van der Waals surface area contributed by atoms with E-state index in [4.69, 9.17) is 12.6 Å². The number of ketones is 1. The van der Waals surface area contributed by atoms with Gasteiger partial charge in [-0.2, -0.15) is 4.57 Å². The Bertz CT molecular complexity index is 854. The number of nitro benzene ring substituents is 1. The molecule has 142 valence electrons. The quantitative estimate of drug-likeness (QED) is 0.145. The van der Waals surface area contributed by atoms with Crippen LogP contribution in [0.5, 0.6) is 0 Å². The zero-order valence-electron chi connectivity index (χ0n) is 15.9. The topological polar surface area (TPSA) is 76.4 Å². The highest BCUT2D eigenvalue weighted by Gasteiger charge is 2.29. The summed E-state index contributed by atoms with van der Waals surface area (Å²) in [5.41, 5.74) is 1.42. The second kappa shape index (κ2) is 8.35. The molecule has 1 heterocycles. The molecular formula is C20H23N3O3S. The van der Waals surface area contributed by atoms with Gasteiger partial charge in [-0.15, -0.1) is 0 Å². The number of aliphatic imine (C=N–C) groups is 1. The van der Waals surface area contributed by atoms with Crippen molar-refractivity contribution in [1.82, 2.24) is 0 Å². The van der Waals surface area contributed by atoms with Crippen LogP contribution in [0.25, 0.3) is 0 Å². The number of pyridine rings is 1. The molecular weight excluding hydrogens is 362 g/mol. The molecule has 0 N–H and O–H groups in total. The average molecular weight is 385 g/mol. The van der Waals surface area contributed by atoms with Crippen molar-refractivity contribution in [3.8, 4) is 0 Å². The first-order chi connectivity index (χ1) is 12.6. The van der Waals surface area contributed by atoms with E-state index in [9.17, 15) is 14.9 Å². The van der Waals surface area contributed by atoms with E-state index >= 15 is 0 Å². The molecule has 1 aromatic carbocycles. The zero-order valence-corrected chi connectivity index (χ0v) is 16.7. The monoisotopic (exact) mass is 385 g/mol. The number of nitro groups is 1. The summed E-state index contributed by atoms with van der Waals surface area (Å²) in [6.07, 6.45) is 3.65. The van der Waals surface area contributed by atoms with E-state index < -0.39 is 11.0 Å². The lowest BCUT2D eigenvalue weighted by Crippen LogP contribution is -2.48. The molecule has 0 spiro atoms. The van der Waals surface area contributed by atoms with Gasteiger partial charge in [0.1, 0.15) is 0 Å². The van der Waals surface area contributed by atoms with Crippen molar-refractivity contribution in [2.45, 2.75) is 39.2 Å². The van der Waals surface area contributed by atoms with Crippen LogP contribution in [0.4, 0.5) is 5.69 Å². The number of hydrogen-bond donors (Lipinski definition) is 0. The van der Waals surface area contributed by atoms with Gasteiger partial charge in [-0.3, -0.25) is 14.9 Å². The Balaban J connectivity index is 2.44.